The van der Waals surface area contributed by atoms with Gasteiger partial charge in [-0.25, -0.2) is 0 Å². The summed E-state index contributed by atoms with van der Waals surface area (Å²) in [4.78, 5) is 12.7. The summed E-state index contributed by atoms with van der Waals surface area (Å²) in [6.45, 7) is 5.95. The number of hydrogen-bond donors (Lipinski definition) is 2. The number of aromatic nitrogens is 2. The second kappa shape index (κ2) is 5.55. The van der Waals surface area contributed by atoms with E-state index in [9.17, 15) is 4.79 Å². The molecule has 2 N–H and O–H groups in total. The van der Waals surface area contributed by atoms with Crippen molar-refractivity contribution in [2.75, 3.05) is 13.1 Å². The van der Waals surface area contributed by atoms with Gasteiger partial charge in [0.25, 0.3) is 5.91 Å². The van der Waals surface area contributed by atoms with Gasteiger partial charge in [-0.1, -0.05) is 18.3 Å². The Balaban J connectivity index is 2.01. The molecule has 1 aliphatic rings. The van der Waals surface area contributed by atoms with Crippen LogP contribution in [0.2, 0.25) is 0 Å². The van der Waals surface area contributed by atoms with Crippen LogP contribution in [0.25, 0.3) is 0 Å². The summed E-state index contributed by atoms with van der Waals surface area (Å²) in [5.41, 5.74) is 0.802. The smallest absolute Gasteiger partial charge is 0.265 e. The third-order valence-corrected chi connectivity index (χ3v) is 3.64. The normalized spacial score (nSPS) is 20.5. The van der Waals surface area contributed by atoms with Gasteiger partial charge in [-0.2, -0.15) is 0 Å². The van der Waals surface area contributed by atoms with Crippen molar-refractivity contribution in [3.05, 3.63) is 10.6 Å². The van der Waals surface area contributed by atoms with E-state index in [2.05, 4.69) is 20.2 Å². The SMILES string of the molecule is CC(C)c1nnsc1C(=O)NC1CCCNC1. The quantitative estimate of drug-likeness (QED) is 0.849. The molecule has 0 aromatic carbocycles. The molecule has 5 nitrogen and oxygen atoms in total. The van der Waals surface area contributed by atoms with Crippen molar-refractivity contribution in [1.29, 1.82) is 0 Å². The van der Waals surface area contributed by atoms with Crippen molar-refractivity contribution in [3.8, 4) is 0 Å². The largest absolute Gasteiger partial charge is 0.347 e. The van der Waals surface area contributed by atoms with Gasteiger partial charge < -0.3 is 10.6 Å². The summed E-state index contributed by atoms with van der Waals surface area (Å²) in [6.07, 6.45) is 2.16. The van der Waals surface area contributed by atoms with E-state index in [1.807, 2.05) is 13.8 Å². The predicted molar refractivity (Wildman–Crippen MR) is 67.4 cm³/mol. The fraction of sp³-hybridized carbons (Fsp3) is 0.727. The first kappa shape index (κ1) is 12.4. The highest BCUT2D eigenvalue weighted by molar-refractivity contribution is 7.08. The summed E-state index contributed by atoms with van der Waals surface area (Å²) >= 11 is 1.18. The van der Waals surface area contributed by atoms with Crippen molar-refractivity contribution in [1.82, 2.24) is 20.2 Å². The van der Waals surface area contributed by atoms with Crippen LogP contribution in [0.4, 0.5) is 0 Å². The molecule has 0 spiro atoms. The number of rotatable bonds is 3. The number of amides is 1. The second-order valence-electron chi connectivity index (χ2n) is 4.66. The third kappa shape index (κ3) is 3.01. The maximum atomic E-state index is 12.1. The van der Waals surface area contributed by atoms with E-state index >= 15 is 0 Å². The molecule has 1 aliphatic heterocycles. The molecule has 1 aromatic heterocycles. The number of nitrogens with zero attached hydrogens (tertiary/aromatic N) is 2. The van der Waals surface area contributed by atoms with Gasteiger partial charge in [0.2, 0.25) is 0 Å². The van der Waals surface area contributed by atoms with Gasteiger partial charge in [-0.15, -0.1) is 5.10 Å². The van der Waals surface area contributed by atoms with E-state index in [0.29, 0.717) is 4.88 Å². The lowest BCUT2D eigenvalue weighted by atomic mass is 10.1. The highest BCUT2D eigenvalue weighted by Crippen LogP contribution is 2.19. The average molecular weight is 254 g/mol. The van der Waals surface area contributed by atoms with Gasteiger partial charge in [-0.05, 0) is 36.8 Å². The molecule has 1 aromatic rings. The molecule has 1 saturated heterocycles. The number of hydrogen-bond acceptors (Lipinski definition) is 5. The monoisotopic (exact) mass is 254 g/mol. The molecular formula is C11H18N4OS. The van der Waals surface area contributed by atoms with E-state index in [0.717, 1.165) is 31.6 Å². The summed E-state index contributed by atoms with van der Waals surface area (Å²) in [7, 11) is 0. The van der Waals surface area contributed by atoms with Gasteiger partial charge in [0.05, 0.1) is 5.69 Å². The number of carbonyl (C=O) groups is 1. The zero-order valence-electron chi connectivity index (χ0n) is 10.2. The minimum Gasteiger partial charge on any atom is -0.347 e. The Morgan fingerprint density at radius 1 is 1.59 bits per heavy atom. The van der Waals surface area contributed by atoms with Gasteiger partial charge in [0.1, 0.15) is 4.88 Å². The van der Waals surface area contributed by atoms with Crippen LogP contribution in [0.3, 0.4) is 0 Å². The van der Waals surface area contributed by atoms with Gasteiger partial charge in [0.15, 0.2) is 0 Å². The van der Waals surface area contributed by atoms with Crippen LogP contribution < -0.4 is 10.6 Å². The van der Waals surface area contributed by atoms with E-state index in [4.69, 9.17) is 0 Å². The van der Waals surface area contributed by atoms with Crippen LogP contribution in [-0.4, -0.2) is 34.6 Å². The molecule has 1 atom stereocenters. The minimum atomic E-state index is -0.0302. The predicted octanol–water partition coefficient (Wildman–Crippen LogP) is 1.14. The molecule has 0 saturated carbocycles. The highest BCUT2D eigenvalue weighted by atomic mass is 32.1. The van der Waals surface area contributed by atoms with E-state index in [-0.39, 0.29) is 17.9 Å². The van der Waals surface area contributed by atoms with Crippen molar-refractivity contribution in [3.63, 3.8) is 0 Å². The molecular weight excluding hydrogens is 236 g/mol. The van der Waals surface area contributed by atoms with Crippen LogP contribution in [0, 0.1) is 0 Å². The van der Waals surface area contributed by atoms with Gasteiger partial charge in [0, 0.05) is 12.6 Å². The third-order valence-electron chi connectivity index (χ3n) is 2.90. The van der Waals surface area contributed by atoms with Gasteiger partial charge >= 0.3 is 0 Å². The van der Waals surface area contributed by atoms with E-state index < -0.39 is 0 Å². The minimum absolute atomic E-state index is 0.0302. The number of carbonyl (C=O) groups excluding carboxylic acids is 1. The number of piperidine rings is 1. The lowest BCUT2D eigenvalue weighted by Crippen LogP contribution is -2.45. The molecule has 2 rings (SSSR count). The van der Waals surface area contributed by atoms with Crippen LogP contribution in [0.15, 0.2) is 0 Å². The average Bonchev–Trinajstić information content (AvgIpc) is 2.79. The summed E-state index contributed by atoms with van der Waals surface area (Å²) in [5, 5.41) is 10.3. The van der Waals surface area contributed by atoms with Crippen molar-refractivity contribution in [2.45, 2.75) is 38.6 Å². The summed E-state index contributed by atoms with van der Waals surface area (Å²) in [6, 6.07) is 0.235. The van der Waals surface area contributed by atoms with Crippen LogP contribution >= 0.6 is 11.5 Å². The molecule has 17 heavy (non-hydrogen) atoms. The van der Waals surface area contributed by atoms with Crippen molar-refractivity contribution >= 4 is 17.4 Å². The first-order chi connectivity index (χ1) is 8.18. The zero-order valence-corrected chi connectivity index (χ0v) is 11.0. The maximum absolute atomic E-state index is 12.1. The first-order valence-corrected chi connectivity index (χ1v) is 6.79. The Labute approximate surface area is 105 Å². The standard InChI is InChI=1S/C11H18N4OS/c1-7(2)9-10(17-15-14-9)11(16)13-8-4-3-5-12-6-8/h7-8,12H,3-6H2,1-2H3,(H,13,16). The Morgan fingerprint density at radius 3 is 3.06 bits per heavy atom. The van der Waals surface area contributed by atoms with Gasteiger partial charge in [-0.3, -0.25) is 4.79 Å². The Bertz CT molecular complexity index is 385. The topological polar surface area (TPSA) is 66.9 Å². The molecule has 2 heterocycles. The fourth-order valence-corrected chi connectivity index (χ4v) is 2.68. The lowest BCUT2D eigenvalue weighted by Gasteiger charge is -2.23. The summed E-state index contributed by atoms with van der Waals surface area (Å²) in [5.74, 6) is 0.205. The Hall–Kier alpha value is -1.01. The molecule has 1 amide bonds. The molecule has 6 heteroatoms. The highest BCUT2D eigenvalue weighted by Gasteiger charge is 2.22. The molecule has 94 valence electrons. The van der Waals surface area contributed by atoms with Crippen LogP contribution in [-0.2, 0) is 0 Å². The molecule has 0 radical (unpaired) electrons. The Kier molecular flexibility index (Phi) is 4.06. The zero-order chi connectivity index (χ0) is 12.3. The molecule has 1 fully saturated rings. The molecule has 0 aliphatic carbocycles. The molecule has 0 bridgehead atoms. The Morgan fingerprint density at radius 2 is 2.41 bits per heavy atom. The fourth-order valence-electron chi connectivity index (χ4n) is 1.96. The van der Waals surface area contributed by atoms with Crippen LogP contribution in [0.5, 0.6) is 0 Å². The molecule has 1 unspecified atom stereocenters. The maximum Gasteiger partial charge on any atom is 0.265 e. The van der Waals surface area contributed by atoms with Crippen molar-refractivity contribution in [2.24, 2.45) is 0 Å². The van der Waals surface area contributed by atoms with E-state index in [1.54, 1.807) is 0 Å². The first-order valence-electron chi connectivity index (χ1n) is 6.02. The van der Waals surface area contributed by atoms with Crippen LogP contribution in [0.1, 0.15) is 48.0 Å². The summed E-state index contributed by atoms with van der Waals surface area (Å²) < 4.78 is 3.87. The van der Waals surface area contributed by atoms with Crippen molar-refractivity contribution < 1.29 is 4.79 Å². The number of nitrogens with one attached hydrogen (secondary N) is 2. The van der Waals surface area contributed by atoms with E-state index in [1.165, 1.54) is 11.5 Å². The lowest BCUT2D eigenvalue weighted by molar-refractivity contribution is 0.0933. The second-order valence-corrected chi connectivity index (χ2v) is 5.41.